The highest BCUT2D eigenvalue weighted by Gasteiger charge is 2.20. The van der Waals surface area contributed by atoms with E-state index in [9.17, 15) is 0 Å². The molecule has 1 aliphatic rings. The molecule has 0 aliphatic carbocycles. The number of hydrogen-bond donors (Lipinski definition) is 2. The zero-order chi connectivity index (χ0) is 13.1. The van der Waals surface area contributed by atoms with Gasteiger partial charge in [-0.3, -0.25) is 4.98 Å². The molecular formula is C13H17N5S. The quantitative estimate of drug-likeness (QED) is 0.901. The molecule has 0 aromatic carbocycles. The van der Waals surface area contributed by atoms with Crippen LogP contribution in [-0.2, 0) is 0 Å². The molecule has 2 aromatic heterocycles. The van der Waals surface area contributed by atoms with Crippen molar-refractivity contribution >= 4 is 22.3 Å². The summed E-state index contributed by atoms with van der Waals surface area (Å²) in [6, 6.07) is 0. The summed E-state index contributed by atoms with van der Waals surface area (Å²) in [5.41, 5.74) is 1.04. The summed E-state index contributed by atoms with van der Waals surface area (Å²) in [6.07, 6.45) is 7.71. The average Bonchev–Trinajstić information content (AvgIpc) is 2.86. The van der Waals surface area contributed by atoms with Gasteiger partial charge < -0.3 is 10.6 Å². The molecule has 1 saturated heterocycles. The predicted molar refractivity (Wildman–Crippen MR) is 77.0 cm³/mol. The number of nitrogens with zero attached hydrogens (tertiary/aromatic N) is 3. The molecule has 6 heteroatoms. The first-order valence-electron chi connectivity index (χ1n) is 6.54. The highest BCUT2D eigenvalue weighted by Crippen LogP contribution is 2.29. The smallest absolute Gasteiger partial charge is 0.188 e. The zero-order valence-electron chi connectivity index (χ0n) is 10.9. The normalized spacial score (nSPS) is 19.3. The van der Waals surface area contributed by atoms with Crippen LogP contribution in [0.3, 0.4) is 0 Å². The van der Waals surface area contributed by atoms with Gasteiger partial charge in [-0.15, -0.1) is 11.3 Å². The second-order valence-corrected chi connectivity index (χ2v) is 5.97. The first-order valence-corrected chi connectivity index (χ1v) is 7.35. The Bertz CT molecular complexity index is 547. The van der Waals surface area contributed by atoms with Gasteiger partial charge in [0, 0.05) is 35.9 Å². The van der Waals surface area contributed by atoms with Crippen molar-refractivity contribution in [1.29, 1.82) is 0 Å². The molecule has 1 unspecified atom stereocenters. The molecular weight excluding hydrogens is 258 g/mol. The van der Waals surface area contributed by atoms with Gasteiger partial charge in [-0.1, -0.05) is 0 Å². The number of nitrogens with one attached hydrogen (secondary N) is 2. The Hall–Kier alpha value is -1.53. The van der Waals surface area contributed by atoms with Crippen LogP contribution < -0.4 is 10.6 Å². The van der Waals surface area contributed by atoms with Crippen LogP contribution in [0.2, 0.25) is 0 Å². The van der Waals surface area contributed by atoms with E-state index in [1.165, 1.54) is 11.3 Å². The van der Waals surface area contributed by atoms with Gasteiger partial charge >= 0.3 is 0 Å². The van der Waals surface area contributed by atoms with Crippen LogP contribution in [0, 0.1) is 6.92 Å². The maximum atomic E-state index is 4.52. The minimum Gasteiger partial charge on any atom is -0.316 e. The third kappa shape index (κ3) is 2.90. The van der Waals surface area contributed by atoms with E-state index in [-0.39, 0.29) is 0 Å². The molecule has 1 fully saturated rings. The molecule has 2 aromatic rings. The van der Waals surface area contributed by atoms with Crippen LogP contribution >= 0.6 is 11.3 Å². The fourth-order valence-corrected chi connectivity index (χ4v) is 3.01. The van der Waals surface area contributed by atoms with E-state index in [2.05, 4.69) is 25.6 Å². The Kier molecular flexibility index (Phi) is 3.70. The summed E-state index contributed by atoms with van der Waals surface area (Å²) < 4.78 is 0. The lowest BCUT2D eigenvalue weighted by molar-refractivity contribution is 0.455. The van der Waals surface area contributed by atoms with Crippen molar-refractivity contribution in [2.45, 2.75) is 25.7 Å². The number of piperidine rings is 1. The van der Waals surface area contributed by atoms with Crippen molar-refractivity contribution in [3.8, 4) is 0 Å². The summed E-state index contributed by atoms with van der Waals surface area (Å²) in [6.45, 7) is 4.13. The van der Waals surface area contributed by atoms with Crippen molar-refractivity contribution in [2.24, 2.45) is 0 Å². The molecule has 1 aliphatic heterocycles. The van der Waals surface area contributed by atoms with E-state index < -0.39 is 0 Å². The Morgan fingerprint density at radius 1 is 1.32 bits per heavy atom. The molecule has 0 spiro atoms. The van der Waals surface area contributed by atoms with Crippen molar-refractivity contribution in [3.05, 3.63) is 29.2 Å². The van der Waals surface area contributed by atoms with E-state index >= 15 is 0 Å². The maximum Gasteiger partial charge on any atom is 0.188 e. The van der Waals surface area contributed by atoms with Gasteiger partial charge in [-0.05, 0) is 26.3 Å². The molecule has 2 N–H and O–H groups in total. The molecule has 3 rings (SSSR count). The standard InChI is InChI=1S/C13H17N5S/c1-9-7-17-13(19-9)18-12-11(15-5-6-16-12)10-3-2-4-14-8-10/h5-7,10,14H,2-4,8H2,1H3,(H,16,17,18). The monoisotopic (exact) mass is 275 g/mol. The van der Waals surface area contributed by atoms with E-state index in [4.69, 9.17) is 0 Å². The van der Waals surface area contributed by atoms with Gasteiger partial charge in [-0.2, -0.15) is 0 Å². The van der Waals surface area contributed by atoms with Crippen LogP contribution in [0.5, 0.6) is 0 Å². The minimum absolute atomic E-state index is 0.436. The van der Waals surface area contributed by atoms with Crippen LogP contribution in [0.15, 0.2) is 18.6 Å². The Labute approximate surface area is 116 Å². The molecule has 5 nitrogen and oxygen atoms in total. The predicted octanol–water partition coefficient (Wildman–Crippen LogP) is 2.45. The van der Waals surface area contributed by atoms with Crippen LogP contribution in [0.4, 0.5) is 10.9 Å². The lowest BCUT2D eigenvalue weighted by Crippen LogP contribution is -2.29. The second-order valence-electron chi connectivity index (χ2n) is 4.73. The topological polar surface area (TPSA) is 62.7 Å². The van der Waals surface area contributed by atoms with Gasteiger partial charge in [0.05, 0.1) is 5.69 Å². The average molecular weight is 275 g/mol. The van der Waals surface area contributed by atoms with Gasteiger partial charge in [0.15, 0.2) is 10.9 Å². The number of hydrogen-bond acceptors (Lipinski definition) is 6. The Morgan fingerprint density at radius 3 is 2.95 bits per heavy atom. The van der Waals surface area contributed by atoms with E-state index in [1.54, 1.807) is 23.7 Å². The molecule has 100 valence electrons. The van der Waals surface area contributed by atoms with Gasteiger partial charge in [-0.25, -0.2) is 9.97 Å². The van der Waals surface area contributed by atoms with E-state index in [1.807, 2.05) is 13.1 Å². The number of thiazole rings is 1. The molecule has 3 heterocycles. The molecule has 0 bridgehead atoms. The maximum absolute atomic E-state index is 4.52. The number of rotatable bonds is 3. The Morgan fingerprint density at radius 2 is 2.21 bits per heavy atom. The van der Waals surface area contributed by atoms with E-state index in [0.29, 0.717) is 5.92 Å². The van der Waals surface area contributed by atoms with Crippen LogP contribution in [-0.4, -0.2) is 28.0 Å². The highest BCUT2D eigenvalue weighted by atomic mass is 32.1. The van der Waals surface area contributed by atoms with Crippen molar-refractivity contribution in [3.63, 3.8) is 0 Å². The third-order valence-corrected chi connectivity index (χ3v) is 4.08. The number of aryl methyl sites for hydroxylation is 1. The fraction of sp³-hybridized carbons (Fsp3) is 0.462. The summed E-state index contributed by atoms with van der Waals surface area (Å²) in [4.78, 5) is 14.4. The number of anilines is 2. The molecule has 0 radical (unpaired) electrons. The summed E-state index contributed by atoms with van der Waals surface area (Å²) in [7, 11) is 0. The highest BCUT2D eigenvalue weighted by molar-refractivity contribution is 7.15. The zero-order valence-corrected chi connectivity index (χ0v) is 11.7. The first kappa shape index (κ1) is 12.5. The first-order chi connectivity index (χ1) is 9.33. The molecule has 0 saturated carbocycles. The van der Waals surface area contributed by atoms with Crippen molar-refractivity contribution in [2.75, 3.05) is 18.4 Å². The SMILES string of the molecule is Cc1cnc(Nc2nccnc2C2CCCNC2)s1. The summed E-state index contributed by atoms with van der Waals surface area (Å²) >= 11 is 1.63. The van der Waals surface area contributed by atoms with Crippen molar-refractivity contribution < 1.29 is 0 Å². The van der Waals surface area contributed by atoms with Gasteiger partial charge in [0.1, 0.15) is 0 Å². The summed E-state index contributed by atoms with van der Waals surface area (Å²) in [5, 5.41) is 7.59. The lowest BCUT2D eigenvalue weighted by atomic mass is 9.96. The number of aromatic nitrogens is 3. The minimum atomic E-state index is 0.436. The van der Waals surface area contributed by atoms with Gasteiger partial charge in [0.2, 0.25) is 0 Å². The second kappa shape index (κ2) is 5.63. The Balaban J connectivity index is 1.84. The molecule has 0 amide bonds. The summed E-state index contributed by atoms with van der Waals surface area (Å²) in [5.74, 6) is 1.27. The molecule has 19 heavy (non-hydrogen) atoms. The fourth-order valence-electron chi connectivity index (χ4n) is 2.34. The third-order valence-electron chi connectivity index (χ3n) is 3.26. The van der Waals surface area contributed by atoms with Gasteiger partial charge in [0.25, 0.3) is 0 Å². The largest absolute Gasteiger partial charge is 0.316 e. The van der Waals surface area contributed by atoms with Crippen molar-refractivity contribution in [1.82, 2.24) is 20.3 Å². The van der Waals surface area contributed by atoms with Crippen LogP contribution in [0.25, 0.3) is 0 Å². The molecule has 1 atom stereocenters. The van der Waals surface area contributed by atoms with E-state index in [0.717, 1.165) is 36.2 Å². The van der Waals surface area contributed by atoms with Crippen LogP contribution in [0.1, 0.15) is 29.3 Å². The lowest BCUT2D eigenvalue weighted by Gasteiger charge is -2.23.